The van der Waals surface area contributed by atoms with Crippen LogP contribution in [-0.2, 0) is 9.53 Å². The molecule has 2 fully saturated rings. The molecule has 0 radical (unpaired) electrons. The average molecular weight is 377 g/mol. The quantitative estimate of drug-likeness (QED) is 0.844. The number of rotatable bonds is 3. The van der Waals surface area contributed by atoms with E-state index in [2.05, 4.69) is 15.2 Å². The van der Waals surface area contributed by atoms with Crippen molar-refractivity contribution in [2.45, 2.75) is 31.7 Å². The summed E-state index contributed by atoms with van der Waals surface area (Å²) in [5.74, 6) is 0.674. The summed E-state index contributed by atoms with van der Waals surface area (Å²) in [6.07, 6.45) is 5.57. The molecule has 24 heavy (non-hydrogen) atoms. The molecule has 1 saturated heterocycles. The Labute approximate surface area is 155 Å². The van der Waals surface area contributed by atoms with E-state index in [1.807, 2.05) is 18.3 Å². The number of carbonyl (C=O) groups excluding carboxylic acids is 1. The van der Waals surface area contributed by atoms with Crippen molar-refractivity contribution in [3.8, 4) is 0 Å². The zero-order valence-electron chi connectivity index (χ0n) is 13.6. The number of halogens is 2. The van der Waals surface area contributed by atoms with Crippen molar-refractivity contribution < 1.29 is 9.53 Å². The second-order valence-electron chi connectivity index (χ2n) is 6.11. The van der Waals surface area contributed by atoms with Gasteiger partial charge in [0, 0.05) is 25.0 Å². The number of ether oxygens (including phenoxy) is 1. The first-order valence-corrected chi connectivity index (χ1v) is 8.07. The molecular weight excluding hydrogens is 351 g/mol. The number of pyridine rings is 1. The minimum absolute atomic E-state index is 0. The molecule has 136 valence electrons. The maximum absolute atomic E-state index is 12.3. The second kappa shape index (κ2) is 10.0. The van der Waals surface area contributed by atoms with Crippen molar-refractivity contribution in [2.24, 2.45) is 11.7 Å². The molecule has 3 N–H and O–H groups in total. The maximum atomic E-state index is 12.3. The van der Waals surface area contributed by atoms with E-state index in [-0.39, 0.29) is 42.7 Å². The first kappa shape index (κ1) is 21.0. The summed E-state index contributed by atoms with van der Waals surface area (Å²) in [5.41, 5.74) is 7.02. The van der Waals surface area contributed by atoms with Crippen molar-refractivity contribution in [3.05, 3.63) is 18.3 Å². The number of hydrogen-bond donors (Lipinski definition) is 2. The third-order valence-electron chi connectivity index (χ3n) is 4.46. The van der Waals surface area contributed by atoms with Crippen LogP contribution in [0.15, 0.2) is 18.3 Å². The summed E-state index contributed by atoms with van der Waals surface area (Å²) in [4.78, 5) is 18.9. The van der Waals surface area contributed by atoms with Gasteiger partial charge in [0.05, 0.1) is 25.1 Å². The molecule has 2 heterocycles. The number of nitrogens with zero attached hydrogens (tertiary/aromatic N) is 2. The SMILES string of the molecule is Cl.Cl.NC1CCCC(C(=O)Nc2ccc(N3CCOCC3)cn2)C1. The van der Waals surface area contributed by atoms with E-state index in [1.54, 1.807) is 0 Å². The van der Waals surface area contributed by atoms with E-state index >= 15 is 0 Å². The fourth-order valence-corrected chi connectivity index (χ4v) is 3.16. The molecule has 1 aromatic rings. The minimum Gasteiger partial charge on any atom is -0.378 e. The van der Waals surface area contributed by atoms with Gasteiger partial charge in [-0.3, -0.25) is 4.79 Å². The molecular formula is C16H26Cl2N4O2. The largest absolute Gasteiger partial charge is 0.378 e. The van der Waals surface area contributed by atoms with E-state index in [9.17, 15) is 4.79 Å². The van der Waals surface area contributed by atoms with E-state index < -0.39 is 0 Å². The van der Waals surface area contributed by atoms with Gasteiger partial charge in [0.25, 0.3) is 0 Å². The smallest absolute Gasteiger partial charge is 0.228 e. The number of nitrogens with one attached hydrogen (secondary N) is 1. The molecule has 2 unspecified atom stereocenters. The third-order valence-corrected chi connectivity index (χ3v) is 4.46. The molecule has 2 aliphatic rings. The van der Waals surface area contributed by atoms with Crippen LogP contribution in [0.5, 0.6) is 0 Å². The predicted octanol–water partition coefficient (Wildman–Crippen LogP) is 2.22. The van der Waals surface area contributed by atoms with Crippen LogP contribution in [0, 0.1) is 5.92 Å². The molecule has 1 aliphatic carbocycles. The Morgan fingerprint density at radius 2 is 2.00 bits per heavy atom. The van der Waals surface area contributed by atoms with E-state index in [0.717, 1.165) is 57.7 Å². The summed E-state index contributed by atoms with van der Waals surface area (Å²) < 4.78 is 5.34. The molecule has 8 heteroatoms. The first-order valence-electron chi connectivity index (χ1n) is 8.07. The van der Waals surface area contributed by atoms with Gasteiger partial charge >= 0.3 is 0 Å². The van der Waals surface area contributed by atoms with Gasteiger partial charge in [0.2, 0.25) is 5.91 Å². The molecule has 0 bridgehead atoms. The Kier molecular flexibility index (Phi) is 8.76. The van der Waals surface area contributed by atoms with Crippen LogP contribution in [0.25, 0.3) is 0 Å². The highest BCUT2D eigenvalue weighted by Gasteiger charge is 2.25. The fourth-order valence-electron chi connectivity index (χ4n) is 3.16. The van der Waals surface area contributed by atoms with Gasteiger partial charge in [-0.05, 0) is 31.4 Å². The lowest BCUT2D eigenvalue weighted by molar-refractivity contribution is -0.120. The normalized spacial score (nSPS) is 23.6. The van der Waals surface area contributed by atoms with Crippen molar-refractivity contribution in [2.75, 3.05) is 36.5 Å². The standard InChI is InChI=1S/C16H24N4O2.2ClH/c17-13-3-1-2-12(10-13)16(21)19-15-5-4-14(11-18-15)20-6-8-22-9-7-20;;/h4-5,11-13H,1-3,6-10,17H2,(H,18,19,21);2*1H. The van der Waals surface area contributed by atoms with Gasteiger partial charge in [-0.1, -0.05) is 6.42 Å². The molecule has 1 amide bonds. The number of anilines is 2. The highest BCUT2D eigenvalue weighted by molar-refractivity contribution is 5.91. The van der Waals surface area contributed by atoms with Crippen LogP contribution in [0.4, 0.5) is 11.5 Å². The molecule has 0 aromatic carbocycles. The Bertz CT molecular complexity index is 509. The summed E-state index contributed by atoms with van der Waals surface area (Å²) >= 11 is 0. The Morgan fingerprint density at radius 1 is 1.25 bits per heavy atom. The van der Waals surface area contributed by atoms with Gasteiger partial charge in [-0.15, -0.1) is 24.8 Å². The topological polar surface area (TPSA) is 80.5 Å². The van der Waals surface area contributed by atoms with Gasteiger partial charge in [-0.25, -0.2) is 4.98 Å². The predicted molar refractivity (Wildman–Crippen MR) is 100 cm³/mol. The second-order valence-corrected chi connectivity index (χ2v) is 6.11. The van der Waals surface area contributed by atoms with E-state index in [1.165, 1.54) is 0 Å². The highest BCUT2D eigenvalue weighted by atomic mass is 35.5. The number of amides is 1. The summed E-state index contributed by atoms with van der Waals surface area (Å²) in [5, 5.41) is 2.91. The van der Waals surface area contributed by atoms with Crippen molar-refractivity contribution in [3.63, 3.8) is 0 Å². The Balaban J connectivity index is 0.00000144. The van der Waals surface area contributed by atoms with Crippen LogP contribution in [0.3, 0.4) is 0 Å². The molecule has 3 rings (SSSR count). The zero-order chi connectivity index (χ0) is 15.4. The van der Waals surface area contributed by atoms with Gasteiger partial charge in [0.1, 0.15) is 5.82 Å². The minimum atomic E-state index is 0. The van der Waals surface area contributed by atoms with Crippen LogP contribution in [0.2, 0.25) is 0 Å². The lowest BCUT2D eigenvalue weighted by Gasteiger charge is -2.28. The number of morpholine rings is 1. The average Bonchev–Trinajstić information content (AvgIpc) is 2.56. The van der Waals surface area contributed by atoms with Gasteiger partial charge in [0.15, 0.2) is 0 Å². The van der Waals surface area contributed by atoms with Crippen LogP contribution in [0.1, 0.15) is 25.7 Å². The lowest BCUT2D eigenvalue weighted by Crippen LogP contribution is -2.36. The number of aromatic nitrogens is 1. The molecule has 6 nitrogen and oxygen atoms in total. The van der Waals surface area contributed by atoms with Crippen molar-refractivity contribution in [1.29, 1.82) is 0 Å². The lowest BCUT2D eigenvalue weighted by atomic mass is 9.85. The summed E-state index contributed by atoms with van der Waals surface area (Å²) in [6, 6.07) is 4.02. The Morgan fingerprint density at radius 3 is 2.62 bits per heavy atom. The molecule has 1 aromatic heterocycles. The van der Waals surface area contributed by atoms with Crippen LogP contribution >= 0.6 is 24.8 Å². The number of carbonyl (C=O) groups is 1. The van der Waals surface area contributed by atoms with Gasteiger partial charge in [-0.2, -0.15) is 0 Å². The molecule has 1 aliphatic heterocycles. The molecule has 1 saturated carbocycles. The Hall–Kier alpha value is -1.08. The zero-order valence-corrected chi connectivity index (χ0v) is 15.3. The monoisotopic (exact) mass is 376 g/mol. The van der Waals surface area contributed by atoms with Crippen LogP contribution in [-0.4, -0.2) is 43.2 Å². The van der Waals surface area contributed by atoms with E-state index in [4.69, 9.17) is 10.5 Å². The number of nitrogens with two attached hydrogens (primary N) is 1. The summed E-state index contributed by atoms with van der Waals surface area (Å²) in [7, 11) is 0. The van der Waals surface area contributed by atoms with Crippen molar-refractivity contribution >= 4 is 42.2 Å². The van der Waals surface area contributed by atoms with Crippen molar-refractivity contribution in [1.82, 2.24) is 4.98 Å². The van der Waals surface area contributed by atoms with E-state index in [0.29, 0.717) is 5.82 Å². The highest BCUT2D eigenvalue weighted by Crippen LogP contribution is 2.24. The number of hydrogen-bond acceptors (Lipinski definition) is 5. The maximum Gasteiger partial charge on any atom is 0.228 e. The first-order chi connectivity index (χ1) is 10.7. The third kappa shape index (κ3) is 5.48. The van der Waals surface area contributed by atoms with Crippen LogP contribution < -0.4 is 16.0 Å². The fraction of sp³-hybridized carbons (Fsp3) is 0.625. The van der Waals surface area contributed by atoms with Gasteiger partial charge < -0.3 is 20.7 Å². The molecule has 2 atom stereocenters. The molecule has 0 spiro atoms. The summed E-state index contributed by atoms with van der Waals surface area (Å²) in [6.45, 7) is 3.27.